The van der Waals surface area contributed by atoms with E-state index < -0.39 is 0 Å². The third-order valence-electron chi connectivity index (χ3n) is 2.70. The summed E-state index contributed by atoms with van der Waals surface area (Å²) in [5.74, 6) is 0.587. The number of hydrogen-bond acceptors (Lipinski definition) is 2. The molecular formula is C14H31NO. The van der Waals surface area contributed by atoms with Crippen molar-refractivity contribution in [1.29, 1.82) is 0 Å². The van der Waals surface area contributed by atoms with Crippen molar-refractivity contribution in [2.24, 2.45) is 11.3 Å². The van der Waals surface area contributed by atoms with E-state index >= 15 is 0 Å². The normalized spacial score (nSPS) is 14.4. The van der Waals surface area contributed by atoms with E-state index in [2.05, 4.69) is 46.9 Å². The number of hydrogen-bond donors (Lipinski definition) is 1. The third kappa shape index (κ3) is 9.17. The van der Waals surface area contributed by atoms with Crippen LogP contribution in [0.3, 0.4) is 0 Å². The Bertz CT molecular complexity index is 161. The molecule has 0 bridgehead atoms. The van der Waals surface area contributed by atoms with Gasteiger partial charge in [-0.1, -0.05) is 41.5 Å². The monoisotopic (exact) mass is 229 g/mol. The van der Waals surface area contributed by atoms with Crippen LogP contribution in [-0.2, 0) is 4.74 Å². The van der Waals surface area contributed by atoms with Gasteiger partial charge in [-0.25, -0.2) is 0 Å². The second-order valence-electron chi connectivity index (χ2n) is 6.17. The van der Waals surface area contributed by atoms with Crippen LogP contribution in [0.25, 0.3) is 0 Å². The molecule has 0 aliphatic carbocycles. The zero-order valence-electron chi connectivity index (χ0n) is 12.1. The fourth-order valence-corrected chi connectivity index (χ4v) is 1.42. The van der Waals surface area contributed by atoms with E-state index in [0.29, 0.717) is 17.4 Å². The first-order valence-electron chi connectivity index (χ1n) is 6.69. The molecule has 0 radical (unpaired) electrons. The molecule has 2 nitrogen and oxygen atoms in total. The smallest absolute Gasteiger partial charge is 0.0722 e. The van der Waals surface area contributed by atoms with Crippen molar-refractivity contribution in [2.45, 2.75) is 60.5 Å². The number of ether oxygens (including phenoxy) is 1. The molecule has 0 saturated heterocycles. The van der Waals surface area contributed by atoms with E-state index in [1.54, 1.807) is 0 Å². The van der Waals surface area contributed by atoms with Gasteiger partial charge in [0.1, 0.15) is 0 Å². The molecule has 1 N–H and O–H groups in total. The number of rotatable bonds is 8. The summed E-state index contributed by atoms with van der Waals surface area (Å²) in [4.78, 5) is 0. The lowest BCUT2D eigenvalue weighted by molar-refractivity contribution is 0.0108. The molecule has 0 fully saturated rings. The van der Waals surface area contributed by atoms with Gasteiger partial charge in [-0.05, 0) is 30.7 Å². The van der Waals surface area contributed by atoms with Crippen molar-refractivity contribution in [3.8, 4) is 0 Å². The summed E-state index contributed by atoms with van der Waals surface area (Å²) in [5, 5.41) is 3.44. The predicted octanol–water partition coefficient (Wildman–Crippen LogP) is 3.46. The SMILES string of the molecule is CCCNCC(OCCC(C)(C)C)C(C)C. The van der Waals surface area contributed by atoms with Crippen LogP contribution in [-0.4, -0.2) is 25.8 Å². The van der Waals surface area contributed by atoms with Gasteiger partial charge >= 0.3 is 0 Å². The van der Waals surface area contributed by atoms with Crippen molar-refractivity contribution >= 4 is 0 Å². The van der Waals surface area contributed by atoms with Crippen molar-refractivity contribution in [3.05, 3.63) is 0 Å². The summed E-state index contributed by atoms with van der Waals surface area (Å²) in [6.45, 7) is 16.4. The lowest BCUT2D eigenvalue weighted by Gasteiger charge is -2.25. The highest BCUT2D eigenvalue weighted by molar-refractivity contribution is 4.67. The zero-order valence-corrected chi connectivity index (χ0v) is 12.1. The van der Waals surface area contributed by atoms with E-state index in [1.807, 2.05) is 0 Å². The van der Waals surface area contributed by atoms with Gasteiger partial charge in [0.25, 0.3) is 0 Å². The molecule has 0 saturated carbocycles. The Morgan fingerprint density at radius 2 is 1.81 bits per heavy atom. The Morgan fingerprint density at radius 3 is 2.25 bits per heavy atom. The average molecular weight is 229 g/mol. The highest BCUT2D eigenvalue weighted by Crippen LogP contribution is 2.19. The molecule has 0 heterocycles. The Balaban J connectivity index is 3.77. The highest BCUT2D eigenvalue weighted by atomic mass is 16.5. The predicted molar refractivity (Wildman–Crippen MR) is 71.8 cm³/mol. The van der Waals surface area contributed by atoms with E-state index in [4.69, 9.17) is 4.74 Å². The van der Waals surface area contributed by atoms with E-state index in [0.717, 1.165) is 26.1 Å². The largest absolute Gasteiger partial charge is 0.377 e. The Kier molecular flexibility index (Phi) is 8.04. The van der Waals surface area contributed by atoms with Crippen molar-refractivity contribution in [3.63, 3.8) is 0 Å². The van der Waals surface area contributed by atoms with Crippen LogP contribution in [0.15, 0.2) is 0 Å². The molecule has 0 amide bonds. The third-order valence-corrected chi connectivity index (χ3v) is 2.70. The van der Waals surface area contributed by atoms with Crippen molar-refractivity contribution < 1.29 is 4.74 Å². The highest BCUT2D eigenvalue weighted by Gasteiger charge is 2.15. The van der Waals surface area contributed by atoms with Crippen LogP contribution < -0.4 is 5.32 Å². The van der Waals surface area contributed by atoms with E-state index in [-0.39, 0.29) is 0 Å². The van der Waals surface area contributed by atoms with Gasteiger partial charge in [0.15, 0.2) is 0 Å². The van der Waals surface area contributed by atoms with Crippen molar-refractivity contribution in [2.75, 3.05) is 19.7 Å². The fraction of sp³-hybridized carbons (Fsp3) is 1.00. The first-order valence-corrected chi connectivity index (χ1v) is 6.69. The summed E-state index contributed by atoms with van der Waals surface area (Å²) in [5.41, 5.74) is 0.373. The first-order chi connectivity index (χ1) is 7.37. The van der Waals surface area contributed by atoms with E-state index in [9.17, 15) is 0 Å². The van der Waals surface area contributed by atoms with Crippen LogP contribution in [0.2, 0.25) is 0 Å². The Labute approximate surface area is 102 Å². The molecule has 0 rings (SSSR count). The minimum Gasteiger partial charge on any atom is -0.377 e. The summed E-state index contributed by atoms with van der Waals surface area (Å²) in [7, 11) is 0. The van der Waals surface area contributed by atoms with Crippen LogP contribution in [0, 0.1) is 11.3 Å². The zero-order chi connectivity index (χ0) is 12.6. The molecule has 1 unspecified atom stereocenters. The lowest BCUT2D eigenvalue weighted by Crippen LogP contribution is -2.34. The van der Waals surface area contributed by atoms with Crippen molar-refractivity contribution in [1.82, 2.24) is 5.32 Å². The molecule has 0 aromatic rings. The van der Waals surface area contributed by atoms with Crippen LogP contribution in [0.4, 0.5) is 0 Å². The van der Waals surface area contributed by atoms with Gasteiger partial charge in [0.05, 0.1) is 6.10 Å². The quantitative estimate of drug-likeness (QED) is 0.644. The molecule has 0 aliphatic rings. The first kappa shape index (κ1) is 15.9. The van der Waals surface area contributed by atoms with E-state index in [1.165, 1.54) is 6.42 Å². The summed E-state index contributed by atoms with van der Waals surface area (Å²) in [6.07, 6.45) is 2.67. The van der Waals surface area contributed by atoms with Gasteiger partial charge in [0.2, 0.25) is 0 Å². The van der Waals surface area contributed by atoms with Gasteiger partial charge in [-0.15, -0.1) is 0 Å². The van der Waals surface area contributed by atoms with Crippen LogP contribution >= 0.6 is 0 Å². The molecule has 0 aliphatic heterocycles. The van der Waals surface area contributed by atoms with Crippen LogP contribution in [0.1, 0.15) is 54.4 Å². The minimum atomic E-state index is 0.355. The van der Waals surface area contributed by atoms with Gasteiger partial charge in [0, 0.05) is 13.2 Å². The topological polar surface area (TPSA) is 21.3 Å². The van der Waals surface area contributed by atoms with Gasteiger partial charge < -0.3 is 10.1 Å². The molecule has 0 spiro atoms. The molecular weight excluding hydrogens is 198 g/mol. The summed E-state index contributed by atoms with van der Waals surface area (Å²) in [6, 6.07) is 0. The minimum absolute atomic E-state index is 0.355. The number of nitrogens with one attached hydrogen (secondary N) is 1. The molecule has 1 atom stereocenters. The molecule has 16 heavy (non-hydrogen) atoms. The van der Waals surface area contributed by atoms with Gasteiger partial charge in [-0.3, -0.25) is 0 Å². The standard InChI is InChI=1S/C14H31NO/c1-7-9-15-11-13(12(2)3)16-10-8-14(4,5)6/h12-13,15H,7-11H2,1-6H3. The second-order valence-corrected chi connectivity index (χ2v) is 6.17. The Morgan fingerprint density at radius 1 is 1.19 bits per heavy atom. The van der Waals surface area contributed by atoms with Crippen LogP contribution in [0.5, 0.6) is 0 Å². The molecule has 2 heteroatoms. The maximum Gasteiger partial charge on any atom is 0.0722 e. The fourth-order valence-electron chi connectivity index (χ4n) is 1.42. The maximum absolute atomic E-state index is 5.96. The average Bonchev–Trinajstić information content (AvgIpc) is 2.13. The Hall–Kier alpha value is -0.0800. The summed E-state index contributed by atoms with van der Waals surface area (Å²) < 4.78 is 5.96. The molecule has 0 aromatic heterocycles. The summed E-state index contributed by atoms with van der Waals surface area (Å²) >= 11 is 0. The maximum atomic E-state index is 5.96. The molecule has 98 valence electrons. The lowest BCUT2D eigenvalue weighted by atomic mass is 9.93. The second kappa shape index (κ2) is 8.08. The van der Waals surface area contributed by atoms with Gasteiger partial charge in [-0.2, -0.15) is 0 Å². The molecule has 0 aromatic carbocycles.